The average Bonchev–Trinajstić information content (AvgIpc) is 2.54. The van der Waals surface area contributed by atoms with Crippen molar-refractivity contribution in [2.24, 2.45) is 10.9 Å². The highest BCUT2D eigenvalue weighted by molar-refractivity contribution is 6.30. The summed E-state index contributed by atoms with van der Waals surface area (Å²) in [6.45, 7) is 0. The zero-order valence-corrected chi connectivity index (χ0v) is 12.4. The van der Waals surface area contributed by atoms with Crippen molar-refractivity contribution >= 4 is 29.2 Å². The van der Waals surface area contributed by atoms with Crippen LogP contribution in [0.4, 0.5) is 19.3 Å². The van der Waals surface area contributed by atoms with Gasteiger partial charge in [0.05, 0.1) is 19.0 Å². The van der Waals surface area contributed by atoms with E-state index >= 15 is 0 Å². The van der Waals surface area contributed by atoms with Crippen LogP contribution >= 0.6 is 0 Å². The molecule has 1 unspecified atom stereocenters. The van der Waals surface area contributed by atoms with Crippen LogP contribution in [0.2, 0.25) is 0 Å². The maximum atomic E-state index is 13.8. The minimum absolute atomic E-state index is 0.207. The molecule has 2 heterocycles. The van der Waals surface area contributed by atoms with E-state index in [0.717, 1.165) is 23.1 Å². The zero-order chi connectivity index (χ0) is 16.7. The van der Waals surface area contributed by atoms with Gasteiger partial charge in [-0.2, -0.15) is 4.90 Å². The normalized spacial score (nSPS) is 22.5. The minimum atomic E-state index is -0.879. The number of aliphatic imine (C=N–C) groups is 1. The molecule has 1 fully saturated rings. The largest absolute Gasteiger partial charge is 0.417 e. The number of nitrogens with one attached hydrogen (secondary N) is 1. The van der Waals surface area contributed by atoms with Gasteiger partial charge in [0.2, 0.25) is 0 Å². The third kappa shape index (κ3) is 2.41. The number of fused-ring (bicyclic) bond motifs is 1. The van der Waals surface area contributed by atoms with E-state index < -0.39 is 29.5 Å². The number of allylic oxidation sites excluding steroid dienone is 1. The van der Waals surface area contributed by atoms with Crippen molar-refractivity contribution in [2.45, 2.75) is 0 Å². The Bertz CT molecular complexity index is 801. The standard InChI is InChI=1S/C15H12F2N4O2/c1-20-13-12(14(22)21(2)15(20)23)10(5-6-18-13)19-11-7-8(16)3-4-9(11)17/h3-7,12H,1-2H3/p+1. The fourth-order valence-electron chi connectivity index (χ4n) is 2.49. The summed E-state index contributed by atoms with van der Waals surface area (Å²) >= 11 is 0. The van der Waals surface area contributed by atoms with Gasteiger partial charge in [-0.05, 0) is 12.1 Å². The van der Waals surface area contributed by atoms with E-state index in [1.165, 1.54) is 31.3 Å². The van der Waals surface area contributed by atoms with E-state index in [1.807, 2.05) is 0 Å². The number of benzene rings is 1. The Morgan fingerprint density at radius 3 is 2.65 bits per heavy atom. The number of amides is 3. The quantitative estimate of drug-likeness (QED) is 0.803. The van der Waals surface area contributed by atoms with Crippen molar-refractivity contribution in [3.8, 4) is 0 Å². The molecule has 23 heavy (non-hydrogen) atoms. The van der Waals surface area contributed by atoms with Crippen LogP contribution in [-0.4, -0.2) is 47.4 Å². The Morgan fingerprint density at radius 2 is 1.91 bits per heavy atom. The second-order valence-corrected chi connectivity index (χ2v) is 5.17. The summed E-state index contributed by atoms with van der Waals surface area (Å²) in [6, 6.07) is 2.42. The second-order valence-electron chi connectivity index (χ2n) is 5.17. The maximum Gasteiger partial charge on any atom is 0.417 e. The van der Waals surface area contributed by atoms with E-state index in [-0.39, 0.29) is 11.4 Å². The Kier molecular flexibility index (Phi) is 3.51. The number of carbonyl (C=O) groups excluding carboxylic acids is 2. The number of nitrogens with zero attached hydrogens (tertiary/aromatic N) is 3. The number of rotatable bonds is 1. The smallest absolute Gasteiger partial charge is 0.273 e. The number of halogens is 2. The van der Waals surface area contributed by atoms with Gasteiger partial charge < -0.3 is 0 Å². The predicted molar refractivity (Wildman–Crippen MR) is 78.0 cm³/mol. The summed E-state index contributed by atoms with van der Waals surface area (Å²) in [5, 5.41) is 0. The van der Waals surface area contributed by atoms with Crippen LogP contribution in [0.25, 0.3) is 0 Å². The molecule has 0 radical (unpaired) electrons. The predicted octanol–water partition coefficient (Wildman–Crippen LogP) is 0.184. The monoisotopic (exact) mass is 319 g/mol. The van der Waals surface area contributed by atoms with Crippen LogP contribution in [0.15, 0.2) is 35.5 Å². The lowest BCUT2D eigenvalue weighted by molar-refractivity contribution is -0.382. The van der Waals surface area contributed by atoms with Crippen molar-refractivity contribution in [2.75, 3.05) is 14.1 Å². The molecule has 118 valence electrons. The Balaban J connectivity index is 2.08. The van der Waals surface area contributed by atoms with Gasteiger partial charge in [-0.3, -0.25) is 4.79 Å². The molecule has 1 saturated heterocycles. The molecule has 1 N–H and O–H groups in total. The molecule has 3 rings (SSSR count). The summed E-state index contributed by atoms with van der Waals surface area (Å²) in [5.74, 6) is -2.37. The van der Waals surface area contributed by atoms with Crippen LogP contribution in [-0.2, 0) is 4.79 Å². The highest BCUT2D eigenvalue weighted by atomic mass is 19.1. The number of hydrogen-bond donors (Lipinski definition) is 1. The summed E-state index contributed by atoms with van der Waals surface area (Å²) < 4.78 is 27.1. The lowest BCUT2D eigenvalue weighted by Gasteiger charge is -2.31. The first kappa shape index (κ1) is 15.0. The summed E-state index contributed by atoms with van der Waals surface area (Å²) in [7, 11) is 2.87. The van der Waals surface area contributed by atoms with Gasteiger partial charge in [0, 0.05) is 19.2 Å². The number of amidine groups is 1. The van der Waals surface area contributed by atoms with Gasteiger partial charge in [-0.25, -0.2) is 28.5 Å². The topological polar surface area (TPSA) is 67.0 Å². The number of hydrogen-bond acceptors (Lipinski definition) is 3. The average molecular weight is 319 g/mol. The lowest BCUT2D eigenvalue weighted by atomic mass is 9.95. The van der Waals surface area contributed by atoms with Gasteiger partial charge in [0.15, 0.2) is 5.92 Å². The molecule has 8 heteroatoms. The Hall–Kier alpha value is -2.90. The summed E-state index contributed by atoms with van der Waals surface area (Å²) in [5.41, 5.74) is 0.0142. The first-order chi connectivity index (χ1) is 10.9. The molecule has 0 spiro atoms. The third-order valence-electron chi connectivity index (χ3n) is 3.72. The maximum absolute atomic E-state index is 13.8. The molecule has 1 aromatic rings. The highest BCUT2D eigenvalue weighted by Crippen LogP contribution is 2.23. The molecule has 0 bridgehead atoms. The van der Waals surface area contributed by atoms with Crippen molar-refractivity contribution in [3.05, 3.63) is 42.1 Å². The molecule has 6 nitrogen and oxygen atoms in total. The van der Waals surface area contributed by atoms with E-state index in [2.05, 4.69) is 9.98 Å². The van der Waals surface area contributed by atoms with E-state index in [9.17, 15) is 18.4 Å². The van der Waals surface area contributed by atoms with Gasteiger partial charge in [-0.1, -0.05) is 0 Å². The fourth-order valence-corrected chi connectivity index (χ4v) is 2.49. The molecule has 0 saturated carbocycles. The van der Waals surface area contributed by atoms with E-state index in [0.29, 0.717) is 5.84 Å². The molecule has 0 aliphatic carbocycles. The fraction of sp³-hybridized carbons (Fsp3) is 0.200. The summed E-state index contributed by atoms with van der Waals surface area (Å²) in [4.78, 5) is 33.5. The molecule has 2 aliphatic rings. The van der Waals surface area contributed by atoms with Crippen LogP contribution in [0, 0.1) is 17.6 Å². The third-order valence-corrected chi connectivity index (χ3v) is 3.72. The highest BCUT2D eigenvalue weighted by Gasteiger charge is 2.49. The van der Waals surface area contributed by atoms with Crippen molar-refractivity contribution < 1.29 is 23.4 Å². The summed E-state index contributed by atoms with van der Waals surface area (Å²) in [6.07, 6.45) is 2.98. The molecule has 2 aliphatic heterocycles. The van der Waals surface area contributed by atoms with Crippen molar-refractivity contribution in [1.29, 1.82) is 0 Å². The van der Waals surface area contributed by atoms with Gasteiger partial charge in [0.25, 0.3) is 11.7 Å². The molecule has 3 amide bonds. The molecule has 1 atom stereocenters. The van der Waals surface area contributed by atoms with Crippen LogP contribution in [0.1, 0.15) is 0 Å². The molecule has 0 aromatic heterocycles. The van der Waals surface area contributed by atoms with Gasteiger partial charge >= 0.3 is 6.03 Å². The molecular weight excluding hydrogens is 306 g/mol. The van der Waals surface area contributed by atoms with Gasteiger partial charge in [0.1, 0.15) is 17.3 Å². The van der Waals surface area contributed by atoms with E-state index in [1.54, 1.807) is 0 Å². The van der Waals surface area contributed by atoms with Crippen molar-refractivity contribution in [1.82, 2.24) is 9.80 Å². The number of imide groups is 1. The molecular formula is C15H13F2N4O2+. The van der Waals surface area contributed by atoms with Crippen LogP contribution in [0.3, 0.4) is 0 Å². The second kappa shape index (κ2) is 5.38. The zero-order valence-electron chi connectivity index (χ0n) is 12.4. The lowest BCUT2D eigenvalue weighted by Crippen LogP contribution is -2.79. The van der Waals surface area contributed by atoms with Gasteiger partial charge in [-0.15, -0.1) is 0 Å². The van der Waals surface area contributed by atoms with Crippen molar-refractivity contribution in [3.63, 3.8) is 0 Å². The Labute approximate surface area is 130 Å². The van der Waals surface area contributed by atoms with Crippen LogP contribution < -0.4 is 4.99 Å². The Morgan fingerprint density at radius 1 is 1.17 bits per heavy atom. The molecule has 1 aromatic carbocycles. The number of carbonyl (C=O) groups is 2. The first-order valence-corrected chi connectivity index (χ1v) is 6.79. The van der Waals surface area contributed by atoms with E-state index in [4.69, 9.17) is 0 Å². The number of urea groups is 1. The van der Waals surface area contributed by atoms with Crippen LogP contribution in [0.5, 0.6) is 0 Å². The first-order valence-electron chi connectivity index (χ1n) is 6.79. The minimum Gasteiger partial charge on any atom is -0.273 e. The SMILES string of the molecule is CN1C(=O)C2C(=Nc3cc(F)ccc3F)C=C[NH+]=C2N(C)C1=O.